The Morgan fingerprint density at radius 1 is 0.911 bits per heavy atom. The van der Waals surface area contributed by atoms with Gasteiger partial charge in [0.15, 0.2) is 0 Å². The number of ether oxygens (including phenoxy) is 1. The molecule has 45 heavy (non-hydrogen) atoms. The highest BCUT2D eigenvalue weighted by atomic mass is 16.6. The third-order valence-electron chi connectivity index (χ3n) is 7.59. The molecule has 9 heteroatoms. The molecule has 9 nitrogen and oxygen atoms in total. The Bertz CT molecular complexity index is 1550. The smallest absolute Gasteiger partial charge is 0.311 e. The van der Waals surface area contributed by atoms with Gasteiger partial charge in [-0.3, -0.25) is 19.8 Å². The van der Waals surface area contributed by atoms with Gasteiger partial charge >= 0.3 is 11.9 Å². The zero-order valence-electron chi connectivity index (χ0n) is 26.5. The van der Waals surface area contributed by atoms with E-state index in [9.17, 15) is 19.5 Å². The fourth-order valence-electron chi connectivity index (χ4n) is 5.45. The molecule has 0 saturated carbocycles. The van der Waals surface area contributed by atoms with Crippen molar-refractivity contribution in [2.45, 2.75) is 64.1 Å². The van der Waals surface area contributed by atoms with E-state index in [0.29, 0.717) is 18.5 Å². The number of esters is 1. The molecule has 0 spiro atoms. The summed E-state index contributed by atoms with van der Waals surface area (Å²) in [6.07, 6.45) is 2.47. The third kappa shape index (κ3) is 9.76. The van der Waals surface area contributed by atoms with Crippen molar-refractivity contribution in [1.82, 2.24) is 20.3 Å². The van der Waals surface area contributed by atoms with E-state index in [1.807, 2.05) is 106 Å². The van der Waals surface area contributed by atoms with Crippen LogP contribution >= 0.6 is 0 Å². The van der Waals surface area contributed by atoms with E-state index in [2.05, 4.69) is 10.4 Å². The van der Waals surface area contributed by atoms with Crippen LogP contribution in [0, 0.1) is 0 Å². The van der Waals surface area contributed by atoms with Crippen LogP contribution in [0.4, 0.5) is 0 Å². The maximum atomic E-state index is 14.1. The number of carboxylic acids is 1. The molecule has 238 valence electrons. The standard InChI is InChI=1S/C36H44N4O5/c1-36(2,3)45-33(41)20-22-40(38-21-19-29(35(43)44)30-24-37-31-18-12-11-17-28(30)31)32(23-26-13-7-5-8-14-26)34(42)39(4)25-27-15-9-6-10-16-27/h5-18,24,29,32,37-38H,19-23,25H2,1-4H3,(H,43,44)/t29-,32+/m1/s1. The van der Waals surface area contributed by atoms with Crippen LogP contribution in [0.15, 0.2) is 91.1 Å². The van der Waals surface area contributed by atoms with Crippen molar-refractivity contribution < 1.29 is 24.2 Å². The van der Waals surface area contributed by atoms with Gasteiger partial charge in [-0.25, -0.2) is 5.01 Å². The van der Waals surface area contributed by atoms with Crippen LogP contribution in [0.25, 0.3) is 10.9 Å². The zero-order valence-corrected chi connectivity index (χ0v) is 26.5. The van der Waals surface area contributed by atoms with Gasteiger partial charge in [-0.1, -0.05) is 78.9 Å². The molecule has 0 saturated heterocycles. The molecule has 0 unspecified atom stereocenters. The highest BCUT2D eigenvalue weighted by molar-refractivity contribution is 5.89. The van der Waals surface area contributed by atoms with Crippen molar-refractivity contribution in [3.63, 3.8) is 0 Å². The van der Waals surface area contributed by atoms with Crippen LogP contribution in [0.2, 0.25) is 0 Å². The van der Waals surface area contributed by atoms with Gasteiger partial charge < -0.3 is 19.7 Å². The first-order valence-electron chi connectivity index (χ1n) is 15.4. The average Bonchev–Trinajstić information content (AvgIpc) is 3.43. The van der Waals surface area contributed by atoms with Crippen LogP contribution in [0.5, 0.6) is 0 Å². The van der Waals surface area contributed by atoms with Gasteiger partial charge in [-0.2, -0.15) is 0 Å². The summed E-state index contributed by atoms with van der Waals surface area (Å²) in [7, 11) is 1.77. The van der Waals surface area contributed by atoms with Crippen molar-refractivity contribution in [2.75, 3.05) is 20.1 Å². The van der Waals surface area contributed by atoms with Crippen LogP contribution in [0.1, 0.15) is 56.2 Å². The predicted octanol–water partition coefficient (Wildman–Crippen LogP) is 5.53. The van der Waals surface area contributed by atoms with Crippen LogP contribution in [0.3, 0.4) is 0 Å². The SMILES string of the molecule is CN(Cc1ccccc1)C(=O)[C@H](Cc1ccccc1)N(CCC(=O)OC(C)(C)C)NCC[C@@H](C(=O)O)c1c[nH]c2ccccc12. The Morgan fingerprint density at radius 3 is 2.18 bits per heavy atom. The number of fused-ring (bicyclic) bond motifs is 1. The van der Waals surface area contributed by atoms with E-state index in [1.165, 1.54) is 0 Å². The second kappa shape index (κ2) is 15.5. The number of aliphatic carboxylic acids is 1. The first-order valence-corrected chi connectivity index (χ1v) is 15.4. The summed E-state index contributed by atoms with van der Waals surface area (Å²) in [5.41, 5.74) is 6.27. The minimum atomic E-state index is -0.929. The molecular formula is C36H44N4O5. The van der Waals surface area contributed by atoms with Crippen LogP contribution in [-0.2, 0) is 32.1 Å². The number of carbonyl (C=O) groups is 3. The Balaban J connectivity index is 1.58. The Kier molecular flexibility index (Phi) is 11.5. The number of hydrogen-bond acceptors (Lipinski definition) is 6. The summed E-state index contributed by atoms with van der Waals surface area (Å²) in [4.78, 5) is 44.2. The summed E-state index contributed by atoms with van der Waals surface area (Å²) in [6, 6.07) is 26.5. The molecule has 1 amide bonds. The van der Waals surface area contributed by atoms with E-state index < -0.39 is 23.5 Å². The largest absolute Gasteiger partial charge is 0.481 e. The Hall–Kier alpha value is -4.47. The maximum Gasteiger partial charge on any atom is 0.311 e. The molecule has 0 aliphatic rings. The number of rotatable bonds is 15. The number of likely N-dealkylation sites (N-methyl/N-ethyl adjacent to an activating group) is 1. The zero-order chi connectivity index (χ0) is 32.4. The molecule has 1 aromatic heterocycles. The number of aromatic nitrogens is 1. The molecule has 0 radical (unpaired) electrons. The molecule has 4 rings (SSSR count). The molecule has 3 aromatic carbocycles. The fourth-order valence-corrected chi connectivity index (χ4v) is 5.45. The molecule has 0 bridgehead atoms. The number of carboxylic acid groups (broad SMARTS) is 1. The van der Waals surface area contributed by atoms with Gasteiger partial charge in [-0.05, 0) is 56.4 Å². The van der Waals surface area contributed by atoms with E-state index in [4.69, 9.17) is 4.74 Å². The van der Waals surface area contributed by atoms with Gasteiger partial charge in [0.1, 0.15) is 11.6 Å². The van der Waals surface area contributed by atoms with E-state index >= 15 is 0 Å². The number of para-hydroxylation sites is 1. The average molecular weight is 613 g/mol. The van der Waals surface area contributed by atoms with E-state index in [0.717, 1.165) is 22.0 Å². The number of carbonyl (C=O) groups excluding carboxylic acids is 2. The quantitative estimate of drug-likeness (QED) is 0.119. The minimum absolute atomic E-state index is 0.0516. The lowest BCUT2D eigenvalue weighted by molar-refractivity contribution is -0.156. The predicted molar refractivity (Wildman–Crippen MR) is 175 cm³/mol. The molecule has 0 fully saturated rings. The monoisotopic (exact) mass is 612 g/mol. The normalized spacial score (nSPS) is 13.0. The fraction of sp³-hybridized carbons (Fsp3) is 0.361. The number of hydrazine groups is 1. The number of amides is 1. The molecular weight excluding hydrogens is 568 g/mol. The lowest BCUT2D eigenvalue weighted by Gasteiger charge is -2.34. The molecule has 0 aliphatic carbocycles. The van der Waals surface area contributed by atoms with Gasteiger partial charge in [0.25, 0.3) is 0 Å². The van der Waals surface area contributed by atoms with Gasteiger partial charge in [0, 0.05) is 43.8 Å². The Labute approximate surface area is 265 Å². The summed E-state index contributed by atoms with van der Waals surface area (Å²) in [5, 5.41) is 12.8. The maximum absolute atomic E-state index is 14.1. The van der Waals surface area contributed by atoms with Crippen molar-refractivity contribution in [1.29, 1.82) is 0 Å². The van der Waals surface area contributed by atoms with Crippen molar-refractivity contribution in [3.8, 4) is 0 Å². The number of nitrogens with one attached hydrogen (secondary N) is 2. The molecule has 1 heterocycles. The highest BCUT2D eigenvalue weighted by Gasteiger charge is 2.31. The summed E-state index contributed by atoms with van der Waals surface area (Å²) >= 11 is 0. The van der Waals surface area contributed by atoms with Crippen LogP contribution < -0.4 is 5.43 Å². The number of H-pyrrole nitrogens is 1. The highest BCUT2D eigenvalue weighted by Crippen LogP contribution is 2.28. The lowest BCUT2D eigenvalue weighted by Crippen LogP contribution is -2.55. The van der Waals surface area contributed by atoms with Gasteiger partial charge in [0.05, 0.1) is 12.3 Å². The first-order chi connectivity index (χ1) is 21.5. The third-order valence-corrected chi connectivity index (χ3v) is 7.59. The minimum Gasteiger partial charge on any atom is -0.481 e. The van der Waals surface area contributed by atoms with E-state index in [-0.39, 0.29) is 37.8 Å². The van der Waals surface area contributed by atoms with Crippen molar-refractivity contribution in [3.05, 3.63) is 108 Å². The topological polar surface area (TPSA) is 115 Å². The summed E-state index contributed by atoms with van der Waals surface area (Å²) in [6.45, 7) is 6.34. The van der Waals surface area contributed by atoms with Gasteiger partial charge in [-0.15, -0.1) is 0 Å². The van der Waals surface area contributed by atoms with Crippen LogP contribution in [-0.4, -0.2) is 69.6 Å². The number of hydrogen-bond donors (Lipinski definition) is 3. The summed E-state index contributed by atoms with van der Waals surface area (Å²) in [5.74, 6) is -2.20. The lowest BCUT2D eigenvalue weighted by atomic mass is 9.95. The molecule has 2 atom stereocenters. The Morgan fingerprint density at radius 2 is 1.53 bits per heavy atom. The molecule has 3 N–H and O–H groups in total. The second-order valence-electron chi connectivity index (χ2n) is 12.3. The van der Waals surface area contributed by atoms with Crippen molar-refractivity contribution in [2.24, 2.45) is 0 Å². The summed E-state index contributed by atoms with van der Waals surface area (Å²) < 4.78 is 5.57. The molecule has 0 aliphatic heterocycles. The van der Waals surface area contributed by atoms with Crippen molar-refractivity contribution >= 4 is 28.7 Å². The number of benzene rings is 3. The second-order valence-corrected chi connectivity index (χ2v) is 12.3. The number of aromatic amines is 1. The first kappa shape index (κ1) is 33.4. The molecule has 4 aromatic rings. The van der Waals surface area contributed by atoms with E-state index in [1.54, 1.807) is 23.2 Å². The van der Waals surface area contributed by atoms with Gasteiger partial charge in [0.2, 0.25) is 5.91 Å². The number of nitrogens with zero attached hydrogens (tertiary/aromatic N) is 2.